The molecule has 1 aliphatic rings. The first kappa shape index (κ1) is 18.0. The fourth-order valence-electron chi connectivity index (χ4n) is 3.47. The van der Waals surface area contributed by atoms with Crippen molar-refractivity contribution in [1.82, 2.24) is 5.32 Å². The van der Waals surface area contributed by atoms with Crippen LogP contribution in [0.4, 0.5) is 4.79 Å². The van der Waals surface area contributed by atoms with E-state index in [0.717, 1.165) is 22.3 Å². The van der Waals surface area contributed by atoms with Gasteiger partial charge in [-0.05, 0) is 34.6 Å². The third-order valence-corrected chi connectivity index (χ3v) is 4.63. The van der Waals surface area contributed by atoms with Gasteiger partial charge in [0.2, 0.25) is 0 Å². The average molecular weight is 352 g/mol. The van der Waals surface area contributed by atoms with Crippen LogP contribution in [0.15, 0.2) is 48.5 Å². The van der Waals surface area contributed by atoms with Crippen molar-refractivity contribution in [3.05, 3.63) is 59.7 Å². The molecule has 0 spiro atoms. The molecule has 0 aromatic heterocycles. The minimum absolute atomic E-state index is 0.0559. The fourth-order valence-corrected chi connectivity index (χ4v) is 3.47. The molecule has 0 aliphatic heterocycles. The lowest BCUT2D eigenvalue weighted by Gasteiger charge is -2.22. The first-order chi connectivity index (χ1) is 12.5. The molecule has 2 aromatic carbocycles. The van der Waals surface area contributed by atoms with Crippen molar-refractivity contribution in [2.24, 2.45) is 5.92 Å². The number of carbonyl (C=O) groups excluding carboxylic acids is 2. The summed E-state index contributed by atoms with van der Waals surface area (Å²) < 4.78 is 5.36. The second-order valence-corrected chi connectivity index (χ2v) is 6.97. The summed E-state index contributed by atoms with van der Waals surface area (Å²) in [5, 5.41) is 13.6. The van der Waals surface area contributed by atoms with Gasteiger partial charge >= 0.3 is 6.09 Å². The van der Waals surface area contributed by atoms with E-state index in [-0.39, 0.29) is 18.4 Å². The molecule has 2 aromatic rings. The Hall–Kier alpha value is -2.82. The zero-order valence-corrected chi connectivity index (χ0v) is 14.9. The van der Waals surface area contributed by atoms with Gasteiger partial charge in [0, 0.05) is 5.92 Å². The predicted molar refractivity (Wildman–Crippen MR) is 96.5 cm³/mol. The molecule has 1 aliphatic carbocycles. The Morgan fingerprint density at radius 1 is 1.04 bits per heavy atom. The maximum atomic E-state index is 12.1. The largest absolute Gasteiger partial charge is 0.548 e. The lowest BCUT2D eigenvalue weighted by Crippen LogP contribution is -2.48. The molecule has 1 amide bonds. The van der Waals surface area contributed by atoms with Crippen LogP contribution < -0.4 is 10.4 Å². The molecule has 5 nitrogen and oxygen atoms in total. The van der Waals surface area contributed by atoms with Crippen LogP contribution in [0, 0.1) is 5.92 Å². The van der Waals surface area contributed by atoms with Gasteiger partial charge in [-0.1, -0.05) is 62.4 Å². The summed E-state index contributed by atoms with van der Waals surface area (Å²) in [5.74, 6) is -1.24. The molecule has 0 fully saturated rings. The number of amides is 1. The Labute approximate surface area is 153 Å². The third-order valence-electron chi connectivity index (χ3n) is 4.63. The van der Waals surface area contributed by atoms with E-state index >= 15 is 0 Å². The molecule has 0 heterocycles. The SMILES string of the molecule is CC(C)C[C@@H](NC(=O)OCC1c2ccccc2-c2ccccc21)C(=O)[O-]. The molecule has 0 saturated carbocycles. The quantitative estimate of drug-likeness (QED) is 0.867. The van der Waals surface area contributed by atoms with Gasteiger partial charge in [-0.15, -0.1) is 0 Å². The second-order valence-electron chi connectivity index (χ2n) is 6.97. The van der Waals surface area contributed by atoms with Crippen LogP contribution >= 0.6 is 0 Å². The summed E-state index contributed by atoms with van der Waals surface area (Å²) in [6.07, 6.45) is -0.436. The van der Waals surface area contributed by atoms with Crippen LogP contribution in [0.3, 0.4) is 0 Å². The maximum Gasteiger partial charge on any atom is 0.407 e. The molecule has 5 heteroatoms. The molecule has 26 heavy (non-hydrogen) atoms. The highest BCUT2D eigenvalue weighted by Gasteiger charge is 2.29. The minimum Gasteiger partial charge on any atom is -0.548 e. The number of fused-ring (bicyclic) bond motifs is 3. The fraction of sp³-hybridized carbons (Fsp3) is 0.333. The van der Waals surface area contributed by atoms with E-state index in [1.807, 2.05) is 50.2 Å². The van der Waals surface area contributed by atoms with Crippen LogP contribution in [-0.4, -0.2) is 24.7 Å². The number of alkyl carbamates (subject to hydrolysis) is 1. The molecule has 3 rings (SSSR count). The number of carboxylic acid groups (broad SMARTS) is 1. The van der Waals surface area contributed by atoms with E-state index in [1.165, 1.54) is 0 Å². The van der Waals surface area contributed by atoms with Crippen molar-refractivity contribution in [2.75, 3.05) is 6.61 Å². The first-order valence-corrected chi connectivity index (χ1v) is 8.79. The topological polar surface area (TPSA) is 78.5 Å². The summed E-state index contributed by atoms with van der Waals surface area (Å²) in [5.41, 5.74) is 4.51. The number of aliphatic carboxylic acids is 1. The van der Waals surface area contributed by atoms with Crippen LogP contribution in [0.5, 0.6) is 0 Å². The summed E-state index contributed by atoms with van der Waals surface area (Å²) in [4.78, 5) is 23.3. The lowest BCUT2D eigenvalue weighted by molar-refractivity contribution is -0.308. The Morgan fingerprint density at radius 3 is 2.08 bits per heavy atom. The van der Waals surface area contributed by atoms with E-state index < -0.39 is 18.1 Å². The summed E-state index contributed by atoms with van der Waals surface area (Å²) in [7, 11) is 0. The van der Waals surface area contributed by atoms with Gasteiger partial charge in [-0.2, -0.15) is 0 Å². The Bertz CT molecular complexity index is 770. The van der Waals surface area contributed by atoms with Gasteiger partial charge in [0.1, 0.15) is 6.61 Å². The van der Waals surface area contributed by atoms with Gasteiger partial charge in [0.05, 0.1) is 12.0 Å². The molecule has 0 unspecified atom stereocenters. The highest BCUT2D eigenvalue weighted by atomic mass is 16.5. The number of hydrogen-bond acceptors (Lipinski definition) is 4. The van der Waals surface area contributed by atoms with Crippen molar-refractivity contribution in [2.45, 2.75) is 32.2 Å². The standard InChI is InChI=1S/C21H23NO4/c1-13(2)11-19(20(23)24)22-21(25)26-12-18-16-9-5-3-7-14(16)15-8-4-6-10-17(15)18/h3-10,13,18-19H,11-12H2,1-2H3,(H,22,25)(H,23,24)/p-1/t19-/m1/s1. The summed E-state index contributed by atoms with van der Waals surface area (Å²) >= 11 is 0. The van der Waals surface area contributed by atoms with Gasteiger partial charge in [-0.25, -0.2) is 4.79 Å². The van der Waals surface area contributed by atoms with Gasteiger partial charge in [-0.3, -0.25) is 0 Å². The minimum atomic E-state index is -1.30. The van der Waals surface area contributed by atoms with Gasteiger partial charge < -0.3 is 20.0 Å². The second kappa shape index (κ2) is 7.60. The number of nitrogens with one attached hydrogen (secondary N) is 1. The summed E-state index contributed by atoms with van der Waals surface area (Å²) in [6.45, 7) is 3.92. The van der Waals surface area contributed by atoms with E-state index in [0.29, 0.717) is 6.42 Å². The third kappa shape index (κ3) is 3.72. The van der Waals surface area contributed by atoms with Crippen molar-refractivity contribution in [3.63, 3.8) is 0 Å². The zero-order chi connectivity index (χ0) is 18.7. The Kier molecular flexibility index (Phi) is 5.26. The highest BCUT2D eigenvalue weighted by Crippen LogP contribution is 2.44. The molecular formula is C21H22NO4-. The number of rotatable bonds is 6. The van der Waals surface area contributed by atoms with E-state index in [1.54, 1.807) is 0 Å². The van der Waals surface area contributed by atoms with Crippen LogP contribution in [-0.2, 0) is 9.53 Å². The van der Waals surface area contributed by atoms with Crippen LogP contribution in [0.25, 0.3) is 11.1 Å². The van der Waals surface area contributed by atoms with E-state index in [9.17, 15) is 14.7 Å². The molecule has 0 radical (unpaired) electrons. The molecule has 1 N–H and O–H groups in total. The Balaban J connectivity index is 1.70. The molecule has 0 saturated heterocycles. The number of benzene rings is 2. The van der Waals surface area contributed by atoms with E-state index in [4.69, 9.17) is 4.74 Å². The molecule has 136 valence electrons. The molecular weight excluding hydrogens is 330 g/mol. The first-order valence-electron chi connectivity index (χ1n) is 8.79. The smallest absolute Gasteiger partial charge is 0.407 e. The monoisotopic (exact) mass is 352 g/mol. The van der Waals surface area contributed by atoms with Gasteiger partial charge in [0.25, 0.3) is 0 Å². The van der Waals surface area contributed by atoms with Crippen LogP contribution in [0.2, 0.25) is 0 Å². The van der Waals surface area contributed by atoms with Crippen molar-refractivity contribution in [3.8, 4) is 11.1 Å². The average Bonchev–Trinajstić information content (AvgIpc) is 2.93. The maximum absolute atomic E-state index is 12.1. The number of carboxylic acids is 1. The molecule has 0 bridgehead atoms. The van der Waals surface area contributed by atoms with Crippen molar-refractivity contribution in [1.29, 1.82) is 0 Å². The van der Waals surface area contributed by atoms with Crippen LogP contribution in [0.1, 0.15) is 37.3 Å². The zero-order valence-electron chi connectivity index (χ0n) is 14.9. The summed E-state index contributed by atoms with van der Waals surface area (Å²) in [6, 6.07) is 15.0. The number of hydrogen-bond donors (Lipinski definition) is 1. The van der Waals surface area contributed by atoms with E-state index in [2.05, 4.69) is 17.4 Å². The van der Waals surface area contributed by atoms with Crippen molar-refractivity contribution < 1.29 is 19.4 Å². The number of ether oxygens (including phenoxy) is 1. The highest BCUT2D eigenvalue weighted by molar-refractivity contribution is 5.80. The predicted octanol–water partition coefficient (Wildman–Crippen LogP) is 2.69. The van der Waals surface area contributed by atoms with Gasteiger partial charge in [0.15, 0.2) is 0 Å². The molecule has 1 atom stereocenters. The van der Waals surface area contributed by atoms with Crippen molar-refractivity contribution >= 4 is 12.1 Å². The Morgan fingerprint density at radius 2 is 1.58 bits per heavy atom. The number of carbonyl (C=O) groups is 2. The lowest BCUT2D eigenvalue weighted by atomic mass is 9.98. The normalized spacial score (nSPS) is 13.8.